The molecule has 2 aromatic heterocycles. The fraction of sp³-hybridized carbons (Fsp3) is 0.192. The molecule has 9 nitrogen and oxygen atoms in total. The van der Waals surface area contributed by atoms with E-state index < -0.39 is 5.91 Å². The smallest absolute Gasteiger partial charge is 0.277 e. The van der Waals surface area contributed by atoms with Crippen LogP contribution in [0.4, 0.5) is 11.4 Å². The summed E-state index contributed by atoms with van der Waals surface area (Å²) in [6.07, 6.45) is 3.92. The lowest BCUT2D eigenvalue weighted by atomic mass is 10.0. The highest BCUT2D eigenvalue weighted by molar-refractivity contribution is 6.11. The lowest BCUT2D eigenvalue weighted by molar-refractivity contribution is 0.0973. The van der Waals surface area contributed by atoms with Crippen molar-refractivity contribution >= 4 is 23.2 Å². The molecular weight excluding hydrogens is 442 g/mol. The van der Waals surface area contributed by atoms with E-state index in [2.05, 4.69) is 21.6 Å². The highest BCUT2D eigenvalue weighted by Crippen LogP contribution is 2.29. The van der Waals surface area contributed by atoms with Crippen molar-refractivity contribution in [2.24, 2.45) is 0 Å². The average molecular weight is 466 g/mol. The number of hydrogen-bond acceptors (Lipinski definition) is 5. The Bertz CT molecular complexity index is 1460. The highest BCUT2D eigenvalue weighted by atomic mass is 16.2. The van der Waals surface area contributed by atoms with Crippen molar-refractivity contribution in [2.45, 2.75) is 26.3 Å². The van der Waals surface area contributed by atoms with Gasteiger partial charge in [-0.2, -0.15) is 15.5 Å². The average Bonchev–Trinajstić information content (AvgIpc) is 3.51. The van der Waals surface area contributed by atoms with Gasteiger partial charge >= 0.3 is 0 Å². The highest BCUT2D eigenvalue weighted by Gasteiger charge is 2.35. The molecule has 0 atom stereocenters. The Hall–Kier alpha value is -4.71. The summed E-state index contributed by atoms with van der Waals surface area (Å²) in [6.45, 7) is 4.44. The molecule has 0 bridgehead atoms. The van der Waals surface area contributed by atoms with Gasteiger partial charge in [-0.25, -0.2) is 4.68 Å². The number of para-hydroxylation sites is 1. The second-order valence-corrected chi connectivity index (χ2v) is 8.55. The number of benzene rings is 2. The molecule has 9 heteroatoms. The first kappa shape index (κ1) is 22.1. The normalized spacial score (nSPS) is 13.0. The van der Waals surface area contributed by atoms with Crippen molar-refractivity contribution in [3.63, 3.8) is 0 Å². The minimum absolute atomic E-state index is 0.127. The maximum absolute atomic E-state index is 13.7. The van der Waals surface area contributed by atoms with E-state index in [1.54, 1.807) is 40.0 Å². The molecule has 0 aliphatic carbocycles. The van der Waals surface area contributed by atoms with Gasteiger partial charge in [0.25, 0.3) is 11.8 Å². The second kappa shape index (κ2) is 8.91. The molecule has 3 heterocycles. The van der Waals surface area contributed by atoms with Crippen molar-refractivity contribution < 1.29 is 9.59 Å². The van der Waals surface area contributed by atoms with Crippen LogP contribution in [0.5, 0.6) is 0 Å². The van der Waals surface area contributed by atoms with Crippen LogP contribution < -0.4 is 10.2 Å². The van der Waals surface area contributed by atoms with Gasteiger partial charge in [-0.15, -0.1) is 0 Å². The summed E-state index contributed by atoms with van der Waals surface area (Å²) >= 11 is 0. The maximum atomic E-state index is 13.7. The van der Waals surface area contributed by atoms with E-state index in [1.807, 2.05) is 50.4 Å². The van der Waals surface area contributed by atoms with Crippen LogP contribution >= 0.6 is 0 Å². The molecule has 0 spiro atoms. The van der Waals surface area contributed by atoms with Crippen molar-refractivity contribution in [2.75, 3.05) is 16.8 Å². The van der Waals surface area contributed by atoms with E-state index in [4.69, 9.17) is 5.26 Å². The molecule has 0 unspecified atom stereocenters. The Kier molecular flexibility index (Phi) is 5.63. The first-order valence-corrected chi connectivity index (χ1v) is 11.3. The molecule has 0 saturated carbocycles. The van der Waals surface area contributed by atoms with Crippen LogP contribution in [-0.2, 0) is 6.42 Å². The Morgan fingerprint density at radius 3 is 2.63 bits per heavy atom. The van der Waals surface area contributed by atoms with Gasteiger partial charge in [0.2, 0.25) is 0 Å². The molecule has 2 aromatic carbocycles. The van der Waals surface area contributed by atoms with Crippen LogP contribution in [0.1, 0.15) is 52.0 Å². The van der Waals surface area contributed by atoms with Crippen LogP contribution in [0.25, 0.3) is 5.69 Å². The number of amides is 2. The fourth-order valence-corrected chi connectivity index (χ4v) is 4.16. The quantitative estimate of drug-likeness (QED) is 0.480. The minimum atomic E-state index is -0.438. The summed E-state index contributed by atoms with van der Waals surface area (Å²) in [5.74, 6) is -0.667. The van der Waals surface area contributed by atoms with Gasteiger partial charge in [0, 0.05) is 29.5 Å². The first-order chi connectivity index (χ1) is 17.0. The SMILES string of the molecule is CC(C)n1cc(-n2nc(C(=O)Nc3cccc(C#N)c3)c3c2C(=O)N(c2ccccc2)CC3)cn1. The summed E-state index contributed by atoms with van der Waals surface area (Å²) in [4.78, 5) is 28.7. The topological polar surface area (TPSA) is 109 Å². The van der Waals surface area contributed by atoms with Gasteiger partial charge in [-0.05, 0) is 50.6 Å². The van der Waals surface area contributed by atoms with Crippen molar-refractivity contribution in [3.8, 4) is 11.8 Å². The zero-order valence-electron chi connectivity index (χ0n) is 19.3. The van der Waals surface area contributed by atoms with Gasteiger partial charge in [0.15, 0.2) is 5.69 Å². The lowest BCUT2D eigenvalue weighted by Crippen LogP contribution is -2.39. The van der Waals surface area contributed by atoms with Crippen LogP contribution in [-0.4, -0.2) is 37.9 Å². The standard InChI is InChI=1S/C26H23N7O2/c1-17(2)32-16-21(15-28-32)33-24-22(11-12-31(26(24)35)20-9-4-3-5-10-20)23(30-33)25(34)29-19-8-6-7-18(13-19)14-27/h3-10,13,15-17H,11-12H2,1-2H3,(H,29,34). The Morgan fingerprint density at radius 2 is 1.91 bits per heavy atom. The molecule has 1 aliphatic rings. The molecule has 1 aliphatic heterocycles. The van der Waals surface area contributed by atoms with E-state index in [0.717, 1.165) is 5.69 Å². The molecule has 35 heavy (non-hydrogen) atoms. The molecule has 0 saturated heterocycles. The maximum Gasteiger partial charge on any atom is 0.277 e. The van der Waals surface area contributed by atoms with E-state index in [0.29, 0.717) is 41.2 Å². The second-order valence-electron chi connectivity index (χ2n) is 8.55. The summed E-state index contributed by atoms with van der Waals surface area (Å²) in [5, 5.41) is 21.0. The number of hydrogen-bond donors (Lipinski definition) is 1. The Morgan fingerprint density at radius 1 is 1.11 bits per heavy atom. The summed E-state index contributed by atoms with van der Waals surface area (Å²) in [6, 6.07) is 18.3. The third kappa shape index (κ3) is 4.06. The summed E-state index contributed by atoms with van der Waals surface area (Å²) < 4.78 is 3.29. The van der Waals surface area contributed by atoms with Gasteiger partial charge in [-0.1, -0.05) is 24.3 Å². The van der Waals surface area contributed by atoms with Gasteiger partial charge in [0.05, 0.1) is 24.0 Å². The van der Waals surface area contributed by atoms with Crippen molar-refractivity contribution in [3.05, 3.63) is 89.5 Å². The zero-order valence-corrected chi connectivity index (χ0v) is 19.3. The predicted molar refractivity (Wildman–Crippen MR) is 131 cm³/mol. The molecule has 0 fully saturated rings. The molecule has 2 amide bonds. The number of carbonyl (C=O) groups is 2. The largest absolute Gasteiger partial charge is 0.321 e. The zero-order chi connectivity index (χ0) is 24.5. The number of fused-ring (bicyclic) bond motifs is 1. The van der Waals surface area contributed by atoms with Gasteiger partial charge in [0.1, 0.15) is 11.4 Å². The Labute approximate surface area is 202 Å². The lowest BCUT2D eigenvalue weighted by Gasteiger charge is -2.27. The molecule has 1 N–H and O–H groups in total. The van der Waals surface area contributed by atoms with Gasteiger partial charge in [-0.3, -0.25) is 14.3 Å². The molecule has 4 aromatic rings. The first-order valence-electron chi connectivity index (χ1n) is 11.3. The molecule has 5 rings (SSSR count). The van der Waals surface area contributed by atoms with Crippen LogP contribution in [0.3, 0.4) is 0 Å². The fourth-order valence-electron chi connectivity index (χ4n) is 4.16. The molecular formula is C26H23N7O2. The molecule has 0 radical (unpaired) electrons. The van der Waals surface area contributed by atoms with Crippen LogP contribution in [0.15, 0.2) is 67.0 Å². The summed E-state index contributed by atoms with van der Waals surface area (Å²) in [5.41, 5.74) is 3.42. The van der Waals surface area contributed by atoms with E-state index in [9.17, 15) is 9.59 Å². The number of anilines is 2. The van der Waals surface area contributed by atoms with E-state index >= 15 is 0 Å². The number of nitrogens with zero attached hydrogens (tertiary/aromatic N) is 6. The van der Waals surface area contributed by atoms with E-state index in [1.165, 1.54) is 4.68 Å². The number of nitrogens with one attached hydrogen (secondary N) is 1. The van der Waals surface area contributed by atoms with Crippen molar-refractivity contribution in [1.29, 1.82) is 5.26 Å². The third-order valence-corrected chi connectivity index (χ3v) is 5.91. The van der Waals surface area contributed by atoms with Crippen LogP contribution in [0.2, 0.25) is 0 Å². The minimum Gasteiger partial charge on any atom is -0.321 e. The third-order valence-electron chi connectivity index (χ3n) is 5.91. The number of nitriles is 1. The predicted octanol–water partition coefficient (Wildman–Crippen LogP) is 3.98. The summed E-state index contributed by atoms with van der Waals surface area (Å²) in [7, 11) is 0. The Balaban J connectivity index is 1.58. The number of rotatable bonds is 5. The number of carbonyl (C=O) groups excluding carboxylic acids is 2. The van der Waals surface area contributed by atoms with Crippen molar-refractivity contribution in [1.82, 2.24) is 19.6 Å². The monoisotopic (exact) mass is 465 g/mol. The van der Waals surface area contributed by atoms with Gasteiger partial charge < -0.3 is 10.2 Å². The number of aromatic nitrogens is 4. The van der Waals surface area contributed by atoms with Crippen LogP contribution in [0, 0.1) is 11.3 Å². The molecule has 174 valence electrons. The van der Waals surface area contributed by atoms with E-state index in [-0.39, 0.29) is 17.6 Å².